The van der Waals surface area contributed by atoms with Gasteiger partial charge in [-0.25, -0.2) is 4.79 Å². The molecule has 0 bridgehead atoms. The summed E-state index contributed by atoms with van der Waals surface area (Å²) in [5, 5.41) is 2.77. The number of ether oxygens (including phenoxy) is 1. The van der Waals surface area contributed by atoms with E-state index in [0.717, 1.165) is 12.8 Å². The van der Waals surface area contributed by atoms with E-state index in [2.05, 4.69) is 5.32 Å². The average molecular weight is 211 g/mol. The van der Waals surface area contributed by atoms with Gasteiger partial charge in [0.25, 0.3) is 0 Å². The third-order valence-corrected chi connectivity index (χ3v) is 3.09. The summed E-state index contributed by atoms with van der Waals surface area (Å²) in [6, 6.07) is 0.0137. The van der Waals surface area contributed by atoms with Crippen LogP contribution in [-0.2, 0) is 9.53 Å². The van der Waals surface area contributed by atoms with E-state index in [9.17, 15) is 9.59 Å². The first-order valence-corrected chi connectivity index (χ1v) is 5.36. The molecule has 4 nitrogen and oxygen atoms in total. The van der Waals surface area contributed by atoms with Crippen molar-refractivity contribution in [1.29, 1.82) is 0 Å². The van der Waals surface area contributed by atoms with Crippen molar-refractivity contribution < 1.29 is 14.3 Å². The molecule has 2 rings (SSSR count). The van der Waals surface area contributed by atoms with Crippen molar-refractivity contribution in [1.82, 2.24) is 5.32 Å². The predicted octanol–water partition coefficient (Wildman–Crippen LogP) is 1.63. The Hall–Kier alpha value is -1.06. The van der Waals surface area contributed by atoms with Gasteiger partial charge in [-0.15, -0.1) is 0 Å². The Morgan fingerprint density at radius 2 is 2.07 bits per heavy atom. The highest BCUT2D eigenvalue weighted by molar-refractivity contribution is 5.96. The van der Waals surface area contributed by atoms with Gasteiger partial charge in [0.15, 0.2) is 0 Å². The van der Waals surface area contributed by atoms with Crippen molar-refractivity contribution in [3.63, 3.8) is 0 Å². The van der Waals surface area contributed by atoms with E-state index in [1.54, 1.807) is 0 Å². The van der Waals surface area contributed by atoms with Crippen LogP contribution in [-0.4, -0.2) is 23.5 Å². The van der Waals surface area contributed by atoms with Crippen LogP contribution >= 0.6 is 0 Å². The Kier molecular flexibility index (Phi) is 2.07. The van der Waals surface area contributed by atoms with Crippen LogP contribution in [0.5, 0.6) is 0 Å². The molecule has 15 heavy (non-hydrogen) atoms. The Morgan fingerprint density at radius 3 is 2.47 bits per heavy atom. The first-order valence-electron chi connectivity index (χ1n) is 5.36. The quantitative estimate of drug-likeness (QED) is 0.717. The average Bonchev–Trinajstić information content (AvgIpc) is 2.80. The number of alkyl carbamates (subject to hydrolysis) is 1. The molecule has 0 aromatic heterocycles. The van der Waals surface area contributed by atoms with Crippen LogP contribution < -0.4 is 5.32 Å². The summed E-state index contributed by atoms with van der Waals surface area (Å²) in [5.41, 5.74) is -0.675. The number of amides is 1. The molecule has 1 spiro atoms. The van der Waals surface area contributed by atoms with Crippen molar-refractivity contribution in [3.05, 3.63) is 0 Å². The summed E-state index contributed by atoms with van der Waals surface area (Å²) in [5.74, 6) is 0.295. The van der Waals surface area contributed by atoms with Crippen molar-refractivity contribution >= 4 is 11.9 Å². The molecule has 2 aliphatic rings. The smallest absolute Gasteiger partial charge is 0.407 e. The van der Waals surface area contributed by atoms with Crippen molar-refractivity contribution in [2.24, 2.45) is 5.41 Å². The highest BCUT2D eigenvalue weighted by Gasteiger charge is 2.63. The monoisotopic (exact) mass is 211 g/mol. The van der Waals surface area contributed by atoms with Crippen LogP contribution in [0.1, 0.15) is 40.0 Å². The Labute approximate surface area is 89.4 Å². The Bertz CT molecular complexity index is 312. The molecule has 0 heterocycles. The largest absolute Gasteiger partial charge is 0.444 e. The summed E-state index contributed by atoms with van der Waals surface area (Å²) in [6.45, 7) is 5.47. The third-order valence-electron chi connectivity index (χ3n) is 3.09. The normalized spacial score (nSPS) is 27.1. The summed E-state index contributed by atoms with van der Waals surface area (Å²) in [4.78, 5) is 22.7. The summed E-state index contributed by atoms with van der Waals surface area (Å²) in [6.07, 6.45) is 1.91. The molecule has 0 saturated heterocycles. The fourth-order valence-corrected chi connectivity index (χ4v) is 2.05. The number of rotatable bonds is 1. The minimum atomic E-state index is -0.478. The molecule has 1 N–H and O–H groups in total. The molecule has 84 valence electrons. The van der Waals surface area contributed by atoms with Crippen molar-refractivity contribution in [3.8, 4) is 0 Å². The van der Waals surface area contributed by atoms with E-state index in [-0.39, 0.29) is 11.5 Å². The zero-order chi connectivity index (χ0) is 11.3. The van der Waals surface area contributed by atoms with Gasteiger partial charge < -0.3 is 10.1 Å². The highest BCUT2D eigenvalue weighted by atomic mass is 16.6. The lowest BCUT2D eigenvalue weighted by atomic mass is 9.74. The number of ketones is 1. The van der Waals surface area contributed by atoms with Gasteiger partial charge in [-0.3, -0.25) is 4.79 Å². The molecule has 4 heteroatoms. The molecule has 2 fully saturated rings. The van der Waals surface area contributed by atoms with Crippen LogP contribution in [0.2, 0.25) is 0 Å². The van der Waals surface area contributed by atoms with Gasteiger partial charge in [-0.2, -0.15) is 0 Å². The number of hydrogen-bond acceptors (Lipinski definition) is 3. The van der Waals surface area contributed by atoms with Gasteiger partial charge >= 0.3 is 6.09 Å². The van der Waals surface area contributed by atoms with Crippen LogP contribution in [0, 0.1) is 5.41 Å². The Balaban J connectivity index is 1.84. The van der Waals surface area contributed by atoms with Gasteiger partial charge in [-0.1, -0.05) is 0 Å². The number of nitrogens with one attached hydrogen (secondary N) is 1. The fourth-order valence-electron chi connectivity index (χ4n) is 2.05. The number of Topliss-reactive ketones (excluding diaryl/α,β-unsaturated/α-hetero) is 1. The molecular formula is C11H17NO3. The number of carbonyl (C=O) groups excluding carboxylic acids is 2. The van der Waals surface area contributed by atoms with Crippen LogP contribution in [0.3, 0.4) is 0 Å². The molecule has 0 radical (unpaired) electrons. The molecule has 0 aliphatic heterocycles. The molecule has 2 saturated carbocycles. The van der Waals surface area contributed by atoms with Crippen molar-refractivity contribution in [2.45, 2.75) is 51.7 Å². The topological polar surface area (TPSA) is 55.4 Å². The maximum Gasteiger partial charge on any atom is 0.407 e. The van der Waals surface area contributed by atoms with E-state index in [1.807, 2.05) is 20.8 Å². The molecule has 2 aliphatic carbocycles. The highest BCUT2D eigenvalue weighted by Crippen LogP contribution is 2.57. The number of hydrogen-bond donors (Lipinski definition) is 1. The molecule has 1 amide bonds. The van der Waals surface area contributed by atoms with E-state index in [4.69, 9.17) is 4.74 Å². The van der Waals surface area contributed by atoms with Gasteiger partial charge in [0.05, 0.1) is 6.04 Å². The summed E-state index contributed by atoms with van der Waals surface area (Å²) >= 11 is 0. The van der Waals surface area contributed by atoms with Crippen LogP contribution in [0.4, 0.5) is 4.79 Å². The fraction of sp³-hybridized carbons (Fsp3) is 0.818. The molecular weight excluding hydrogens is 194 g/mol. The first kappa shape index (κ1) is 10.5. The summed E-state index contributed by atoms with van der Waals surface area (Å²) < 4.78 is 5.14. The first-order chi connectivity index (χ1) is 6.83. The van der Waals surface area contributed by atoms with E-state index >= 15 is 0 Å². The van der Waals surface area contributed by atoms with E-state index < -0.39 is 11.7 Å². The van der Waals surface area contributed by atoms with Crippen LogP contribution in [0.15, 0.2) is 0 Å². The minimum absolute atomic E-state index is 0.0137. The van der Waals surface area contributed by atoms with E-state index in [1.165, 1.54) is 0 Å². The third kappa shape index (κ3) is 1.85. The maximum atomic E-state index is 11.4. The minimum Gasteiger partial charge on any atom is -0.444 e. The van der Waals surface area contributed by atoms with E-state index in [0.29, 0.717) is 12.2 Å². The lowest BCUT2D eigenvalue weighted by Gasteiger charge is -2.36. The van der Waals surface area contributed by atoms with Gasteiger partial charge in [0.2, 0.25) is 0 Å². The van der Waals surface area contributed by atoms with Crippen molar-refractivity contribution in [2.75, 3.05) is 0 Å². The second kappa shape index (κ2) is 2.97. The SMILES string of the molecule is CC(C)(C)OC(=O)NC1CC(=O)C12CC2. The summed E-state index contributed by atoms with van der Waals surface area (Å²) in [7, 11) is 0. The maximum absolute atomic E-state index is 11.4. The molecule has 1 unspecified atom stereocenters. The van der Waals surface area contributed by atoms with Gasteiger partial charge in [-0.05, 0) is 33.6 Å². The molecule has 0 aromatic rings. The molecule has 0 aromatic carbocycles. The van der Waals surface area contributed by atoms with Gasteiger partial charge in [0.1, 0.15) is 11.4 Å². The predicted molar refractivity (Wildman–Crippen MR) is 54.4 cm³/mol. The van der Waals surface area contributed by atoms with Crippen LogP contribution in [0.25, 0.3) is 0 Å². The number of carbonyl (C=O) groups is 2. The lowest BCUT2D eigenvalue weighted by Crippen LogP contribution is -2.55. The lowest BCUT2D eigenvalue weighted by molar-refractivity contribution is -0.133. The van der Waals surface area contributed by atoms with Gasteiger partial charge in [0, 0.05) is 11.8 Å². The zero-order valence-electron chi connectivity index (χ0n) is 9.42. The zero-order valence-corrected chi connectivity index (χ0v) is 9.42. The Morgan fingerprint density at radius 1 is 1.47 bits per heavy atom. The second-order valence-corrected chi connectivity index (χ2v) is 5.48. The molecule has 1 atom stereocenters. The standard InChI is InChI=1S/C11H17NO3/c1-10(2,3)15-9(14)12-7-6-8(13)11(7)4-5-11/h7H,4-6H2,1-3H3,(H,12,14). The second-order valence-electron chi connectivity index (χ2n) is 5.48.